The molecule has 1 saturated carbocycles. The Morgan fingerprint density at radius 3 is 2.43 bits per heavy atom. The van der Waals surface area contributed by atoms with E-state index in [4.69, 9.17) is 17.0 Å². The minimum atomic E-state index is 0.354. The first kappa shape index (κ1) is 18.0. The van der Waals surface area contributed by atoms with Crippen LogP contribution in [0.5, 0.6) is 5.75 Å². The number of benzene rings is 1. The van der Waals surface area contributed by atoms with E-state index in [-0.39, 0.29) is 0 Å². The van der Waals surface area contributed by atoms with Gasteiger partial charge in [0.1, 0.15) is 11.8 Å². The molecule has 0 heterocycles. The molecule has 1 aromatic rings. The summed E-state index contributed by atoms with van der Waals surface area (Å²) in [6, 6.07) is 9.21. The average molecular weight is 337 g/mol. The molecule has 0 unspecified atom stereocenters. The first-order valence-corrected chi connectivity index (χ1v) is 8.99. The lowest BCUT2D eigenvalue weighted by Crippen LogP contribution is -3.07. The van der Waals surface area contributed by atoms with Gasteiger partial charge >= 0.3 is 0 Å². The molecule has 0 aromatic heterocycles. The fourth-order valence-corrected chi connectivity index (χ4v) is 3.42. The van der Waals surface area contributed by atoms with Crippen LogP contribution >= 0.6 is 12.2 Å². The van der Waals surface area contributed by atoms with Crippen molar-refractivity contribution in [2.24, 2.45) is 0 Å². The zero-order chi connectivity index (χ0) is 16.7. The van der Waals surface area contributed by atoms with Crippen molar-refractivity contribution >= 4 is 17.3 Å². The number of rotatable bonds is 6. The third-order valence-corrected chi connectivity index (χ3v) is 4.88. The lowest BCUT2D eigenvalue weighted by atomic mass is 9.96. The van der Waals surface area contributed by atoms with E-state index in [2.05, 4.69) is 36.9 Å². The van der Waals surface area contributed by atoms with Gasteiger partial charge in [0.15, 0.2) is 5.11 Å². The number of thiocarbonyl (C=S) groups is 1. The van der Waals surface area contributed by atoms with Gasteiger partial charge in [-0.1, -0.05) is 19.3 Å². The van der Waals surface area contributed by atoms with Crippen LogP contribution < -0.4 is 20.3 Å². The summed E-state index contributed by atoms with van der Waals surface area (Å²) in [5, 5.41) is 7.67. The largest absolute Gasteiger partial charge is 0.497 e. The second-order valence-electron chi connectivity index (χ2n) is 6.59. The molecular weight excluding hydrogens is 306 g/mol. The standard InChI is InChI=1S/C18H29N3OS/c1-21(2)17(14-9-11-16(22-3)12-10-14)13-19-18(23)20-15-7-5-4-6-8-15/h9-12,15,17H,4-8,13H2,1-3H3,(H2,19,20,23)/p+1/t17-/m0/s1. The highest BCUT2D eigenvalue weighted by atomic mass is 32.1. The summed E-state index contributed by atoms with van der Waals surface area (Å²) in [5.74, 6) is 0.892. The van der Waals surface area contributed by atoms with Crippen LogP contribution in [0.4, 0.5) is 0 Å². The first-order valence-electron chi connectivity index (χ1n) is 8.58. The average Bonchev–Trinajstić information content (AvgIpc) is 2.56. The maximum absolute atomic E-state index is 5.48. The van der Waals surface area contributed by atoms with E-state index in [0.29, 0.717) is 12.1 Å². The van der Waals surface area contributed by atoms with Crippen molar-refractivity contribution in [3.05, 3.63) is 29.8 Å². The van der Waals surface area contributed by atoms with E-state index in [1.165, 1.54) is 42.6 Å². The number of nitrogens with one attached hydrogen (secondary N) is 3. The highest BCUT2D eigenvalue weighted by molar-refractivity contribution is 7.80. The van der Waals surface area contributed by atoms with Gasteiger partial charge in [0.25, 0.3) is 0 Å². The second-order valence-corrected chi connectivity index (χ2v) is 7.00. The van der Waals surface area contributed by atoms with Crippen molar-refractivity contribution in [2.75, 3.05) is 27.7 Å². The zero-order valence-corrected chi connectivity index (χ0v) is 15.3. The predicted octanol–water partition coefficient (Wildman–Crippen LogP) is 1.68. The molecule has 1 aliphatic rings. The van der Waals surface area contributed by atoms with Gasteiger partial charge in [-0.3, -0.25) is 0 Å². The molecule has 0 saturated heterocycles. The topological polar surface area (TPSA) is 37.7 Å². The SMILES string of the molecule is COc1ccc([C@H](CNC(=S)NC2CCCCC2)[NH+](C)C)cc1. The summed E-state index contributed by atoms with van der Waals surface area (Å²) in [5.41, 5.74) is 1.29. The molecule has 1 aliphatic carbocycles. The van der Waals surface area contributed by atoms with Crippen molar-refractivity contribution in [3.8, 4) is 5.75 Å². The van der Waals surface area contributed by atoms with Crippen LogP contribution in [0.3, 0.4) is 0 Å². The molecule has 1 atom stereocenters. The minimum absolute atomic E-state index is 0.354. The van der Waals surface area contributed by atoms with Crippen molar-refractivity contribution in [1.29, 1.82) is 0 Å². The Balaban J connectivity index is 1.87. The quantitative estimate of drug-likeness (QED) is 0.691. The van der Waals surface area contributed by atoms with Gasteiger partial charge in [-0.25, -0.2) is 0 Å². The van der Waals surface area contributed by atoms with E-state index in [0.717, 1.165) is 17.4 Å². The smallest absolute Gasteiger partial charge is 0.166 e. The minimum Gasteiger partial charge on any atom is -0.497 e. The van der Waals surface area contributed by atoms with Crippen LogP contribution in [0, 0.1) is 0 Å². The lowest BCUT2D eigenvalue weighted by Gasteiger charge is -2.26. The molecule has 1 fully saturated rings. The Labute approximate surface area is 145 Å². The molecule has 0 radical (unpaired) electrons. The molecule has 0 spiro atoms. The monoisotopic (exact) mass is 336 g/mol. The number of quaternary nitrogens is 1. The summed E-state index contributed by atoms with van der Waals surface area (Å²) < 4.78 is 5.24. The molecule has 128 valence electrons. The summed E-state index contributed by atoms with van der Waals surface area (Å²) in [4.78, 5) is 1.38. The molecule has 0 amide bonds. The van der Waals surface area contributed by atoms with Gasteiger partial charge in [0.2, 0.25) is 0 Å². The molecule has 1 aromatic carbocycles. The first-order chi connectivity index (χ1) is 11.1. The molecule has 23 heavy (non-hydrogen) atoms. The second kappa shape index (κ2) is 9.08. The Hall–Kier alpha value is -1.33. The van der Waals surface area contributed by atoms with Gasteiger partial charge in [-0.2, -0.15) is 0 Å². The highest BCUT2D eigenvalue weighted by Crippen LogP contribution is 2.17. The summed E-state index contributed by atoms with van der Waals surface area (Å²) in [6.45, 7) is 0.827. The summed E-state index contributed by atoms with van der Waals surface area (Å²) in [6.07, 6.45) is 6.47. The zero-order valence-electron chi connectivity index (χ0n) is 14.5. The fourth-order valence-electron chi connectivity index (χ4n) is 3.17. The molecule has 2 rings (SSSR count). The molecule has 0 aliphatic heterocycles. The highest BCUT2D eigenvalue weighted by Gasteiger charge is 2.19. The third kappa shape index (κ3) is 5.66. The Morgan fingerprint density at radius 2 is 1.87 bits per heavy atom. The Morgan fingerprint density at radius 1 is 1.22 bits per heavy atom. The Bertz CT molecular complexity index is 484. The van der Waals surface area contributed by atoms with E-state index >= 15 is 0 Å². The molecule has 4 nitrogen and oxygen atoms in total. The predicted molar refractivity (Wildman–Crippen MR) is 99.2 cm³/mol. The number of ether oxygens (including phenoxy) is 1. The van der Waals surface area contributed by atoms with Gasteiger partial charge in [-0.05, 0) is 49.3 Å². The van der Waals surface area contributed by atoms with E-state index in [1.807, 2.05) is 12.1 Å². The maximum atomic E-state index is 5.48. The molecule has 0 bridgehead atoms. The number of hydrogen-bond acceptors (Lipinski definition) is 2. The van der Waals surface area contributed by atoms with E-state index < -0.39 is 0 Å². The van der Waals surface area contributed by atoms with Crippen LogP contribution in [-0.4, -0.2) is 38.9 Å². The van der Waals surface area contributed by atoms with Crippen LogP contribution in [0.2, 0.25) is 0 Å². The Kier molecular flexibility index (Phi) is 7.12. The molecular formula is C18H30N3OS+. The van der Waals surface area contributed by atoms with Crippen LogP contribution in [0.1, 0.15) is 43.7 Å². The summed E-state index contributed by atoms with van der Waals surface area (Å²) in [7, 11) is 6.04. The van der Waals surface area contributed by atoms with Gasteiger partial charge in [0.05, 0.1) is 27.7 Å². The van der Waals surface area contributed by atoms with Crippen molar-refractivity contribution in [3.63, 3.8) is 0 Å². The number of likely N-dealkylation sites (N-methyl/N-ethyl adjacent to an activating group) is 1. The van der Waals surface area contributed by atoms with Gasteiger partial charge < -0.3 is 20.3 Å². The van der Waals surface area contributed by atoms with Gasteiger partial charge in [-0.15, -0.1) is 0 Å². The van der Waals surface area contributed by atoms with Crippen LogP contribution in [0.15, 0.2) is 24.3 Å². The third-order valence-electron chi connectivity index (χ3n) is 4.62. The lowest BCUT2D eigenvalue weighted by molar-refractivity contribution is -0.890. The van der Waals surface area contributed by atoms with Crippen molar-refractivity contribution < 1.29 is 9.64 Å². The summed E-state index contributed by atoms with van der Waals surface area (Å²) >= 11 is 5.48. The van der Waals surface area contributed by atoms with Gasteiger partial charge in [0, 0.05) is 11.6 Å². The molecule has 3 N–H and O–H groups in total. The fraction of sp³-hybridized carbons (Fsp3) is 0.611. The number of hydrogen-bond donors (Lipinski definition) is 3. The van der Waals surface area contributed by atoms with E-state index in [9.17, 15) is 0 Å². The molecule has 5 heteroatoms. The van der Waals surface area contributed by atoms with Crippen molar-refractivity contribution in [1.82, 2.24) is 10.6 Å². The normalized spacial score (nSPS) is 16.9. The van der Waals surface area contributed by atoms with E-state index in [1.54, 1.807) is 7.11 Å². The maximum Gasteiger partial charge on any atom is 0.166 e. The van der Waals surface area contributed by atoms with Crippen molar-refractivity contribution in [2.45, 2.75) is 44.2 Å². The van der Waals surface area contributed by atoms with Crippen LogP contribution in [-0.2, 0) is 0 Å². The van der Waals surface area contributed by atoms with Crippen LogP contribution in [0.25, 0.3) is 0 Å². The number of methoxy groups -OCH3 is 1.